The van der Waals surface area contributed by atoms with Crippen molar-refractivity contribution in [1.82, 2.24) is 0 Å². The first-order valence-electron chi connectivity index (χ1n) is 11.0. The Morgan fingerprint density at radius 2 is 0.974 bits per heavy atom. The highest BCUT2D eigenvalue weighted by Gasteiger charge is 2.12. The second-order valence-electron chi connectivity index (χ2n) is 7.85. The Hall–Kier alpha value is -5.38. The number of carbonyl (C=O) groups is 4. The van der Waals surface area contributed by atoms with Crippen LogP contribution in [0, 0.1) is 0 Å². The van der Waals surface area contributed by atoms with Crippen LogP contribution in [0.3, 0.4) is 0 Å². The van der Waals surface area contributed by atoms with E-state index in [0.29, 0.717) is 23.7 Å². The van der Waals surface area contributed by atoms with Gasteiger partial charge < -0.3 is 29.9 Å². The maximum absolute atomic E-state index is 11.3. The highest BCUT2D eigenvalue weighted by Crippen LogP contribution is 2.22. The van der Waals surface area contributed by atoms with Gasteiger partial charge in [0.05, 0.1) is 0 Å². The lowest BCUT2D eigenvalue weighted by atomic mass is 10.1. The van der Waals surface area contributed by atoms with Crippen molar-refractivity contribution >= 4 is 35.0 Å². The molecule has 3 aromatic rings. The van der Waals surface area contributed by atoms with Crippen LogP contribution in [0.2, 0.25) is 0 Å². The normalized spacial score (nSPS) is 11.5. The van der Waals surface area contributed by atoms with Crippen molar-refractivity contribution in [2.45, 2.75) is 13.2 Å². The van der Waals surface area contributed by atoms with E-state index in [2.05, 4.69) is 0 Å². The van der Waals surface area contributed by atoms with E-state index in [1.807, 2.05) is 24.3 Å². The molecule has 0 unspecified atom stereocenters. The molecular weight excluding hydrogens is 496 g/mol. The van der Waals surface area contributed by atoms with E-state index in [0.717, 1.165) is 11.1 Å². The lowest BCUT2D eigenvalue weighted by Crippen LogP contribution is -2.09. The number of hydrogen-bond acceptors (Lipinski definition) is 8. The van der Waals surface area contributed by atoms with Gasteiger partial charge in [0.2, 0.25) is 0 Å². The summed E-state index contributed by atoms with van der Waals surface area (Å²) in [6, 6.07) is 19.7. The molecule has 0 radical (unpaired) electrons. The maximum Gasteiger partial charge on any atom is 0.376 e. The molecule has 0 amide bonds. The third-order valence-electron chi connectivity index (χ3n) is 5.02. The minimum Gasteiger partial charge on any atom is -0.507 e. The van der Waals surface area contributed by atoms with Gasteiger partial charge in [-0.2, -0.15) is 0 Å². The van der Waals surface area contributed by atoms with E-state index in [1.54, 1.807) is 24.3 Å². The molecule has 194 valence electrons. The minimum atomic E-state index is -1.68. The molecule has 0 atom stereocenters. The molecule has 0 saturated heterocycles. The Balaban J connectivity index is 1.62. The molecule has 3 rings (SSSR count). The zero-order chi connectivity index (χ0) is 27.7. The van der Waals surface area contributed by atoms with Gasteiger partial charge in [0.1, 0.15) is 36.2 Å². The van der Waals surface area contributed by atoms with Gasteiger partial charge in [0, 0.05) is 23.3 Å². The number of carboxylic acids is 2. The smallest absolute Gasteiger partial charge is 0.376 e. The SMILES string of the molecule is O=C(O)C(=O)/C=C(\O)c1cccc(OCc2cccc(COc3cccc(/C(O)=C/C(=O)C(=O)O)c3)c2)c1. The molecule has 3 aromatic carbocycles. The van der Waals surface area contributed by atoms with Crippen LogP contribution in [-0.2, 0) is 32.4 Å². The van der Waals surface area contributed by atoms with Crippen molar-refractivity contribution in [1.29, 1.82) is 0 Å². The van der Waals surface area contributed by atoms with E-state index in [4.69, 9.17) is 19.7 Å². The predicted octanol–water partition coefficient (Wildman–Crippen LogP) is 3.95. The zero-order valence-corrected chi connectivity index (χ0v) is 19.7. The fourth-order valence-electron chi connectivity index (χ4n) is 3.17. The molecular formula is C28H22O10. The van der Waals surface area contributed by atoms with E-state index in [-0.39, 0.29) is 24.3 Å². The molecule has 0 spiro atoms. The molecule has 0 saturated carbocycles. The second kappa shape index (κ2) is 12.5. The van der Waals surface area contributed by atoms with Gasteiger partial charge in [-0.3, -0.25) is 9.59 Å². The first-order chi connectivity index (χ1) is 18.1. The number of carbonyl (C=O) groups excluding carboxylic acids is 2. The lowest BCUT2D eigenvalue weighted by Gasteiger charge is -2.11. The summed E-state index contributed by atoms with van der Waals surface area (Å²) in [4.78, 5) is 43.9. The number of carboxylic acid groups (broad SMARTS) is 2. The molecule has 0 aliphatic rings. The Morgan fingerprint density at radius 3 is 1.37 bits per heavy atom. The third-order valence-corrected chi connectivity index (χ3v) is 5.02. The summed E-state index contributed by atoms with van der Waals surface area (Å²) in [7, 11) is 0. The fraction of sp³-hybridized carbons (Fsp3) is 0.0714. The van der Waals surface area contributed by atoms with Crippen molar-refractivity contribution in [2.75, 3.05) is 0 Å². The molecule has 38 heavy (non-hydrogen) atoms. The zero-order valence-electron chi connectivity index (χ0n) is 19.7. The number of rotatable bonds is 12. The standard InChI is InChI=1S/C28H22O10/c29-23(13-25(31)27(33)34)19-6-2-8-21(11-19)37-15-17-4-1-5-18(10-17)16-38-22-9-3-7-20(12-22)24(30)14-26(32)28(35)36/h1-14,29-30H,15-16H2,(H,33,34)(H,35,36)/b23-13-,24-14-. The van der Waals surface area contributed by atoms with Crippen molar-refractivity contribution in [3.63, 3.8) is 0 Å². The topological polar surface area (TPSA) is 168 Å². The van der Waals surface area contributed by atoms with Gasteiger partial charge in [0.25, 0.3) is 11.6 Å². The average molecular weight is 518 g/mol. The van der Waals surface area contributed by atoms with Crippen LogP contribution in [0.25, 0.3) is 11.5 Å². The highest BCUT2D eigenvalue weighted by molar-refractivity contribution is 6.39. The quantitative estimate of drug-likeness (QED) is 0.156. The monoisotopic (exact) mass is 518 g/mol. The lowest BCUT2D eigenvalue weighted by molar-refractivity contribution is -0.146. The average Bonchev–Trinajstić information content (AvgIpc) is 2.91. The molecule has 0 aliphatic carbocycles. The number of benzene rings is 3. The number of aliphatic hydroxyl groups excluding tert-OH is 2. The second-order valence-corrected chi connectivity index (χ2v) is 7.85. The maximum atomic E-state index is 11.3. The Morgan fingerprint density at radius 1 is 0.579 bits per heavy atom. The van der Waals surface area contributed by atoms with Crippen LogP contribution in [0.5, 0.6) is 11.5 Å². The van der Waals surface area contributed by atoms with E-state index in [9.17, 15) is 29.4 Å². The van der Waals surface area contributed by atoms with Crippen molar-refractivity contribution < 1.29 is 49.1 Å². The summed E-state index contributed by atoms with van der Waals surface area (Å²) in [6.07, 6.45) is 1.24. The molecule has 0 heterocycles. The molecule has 0 bridgehead atoms. The largest absolute Gasteiger partial charge is 0.507 e. The number of ketones is 2. The van der Waals surface area contributed by atoms with Crippen LogP contribution in [0.15, 0.2) is 84.9 Å². The number of aliphatic carboxylic acids is 2. The van der Waals surface area contributed by atoms with Crippen LogP contribution in [-0.4, -0.2) is 43.9 Å². The summed E-state index contributed by atoms with van der Waals surface area (Å²) < 4.78 is 11.5. The summed E-state index contributed by atoms with van der Waals surface area (Å²) in [5.41, 5.74) is 2.04. The van der Waals surface area contributed by atoms with Gasteiger partial charge in [-0.1, -0.05) is 42.5 Å². The highest BCUT2D eigenvalue weighted by atomic mass is 16.5. The van der Waals surface area contributed by atoms with Crippen molar-refractivity contribution in [2.24, 2.45) is 0 Å². The summed E-state index contributed by atoms with van der Waals surface area (Å²) >= 11 is 0. The van der Waals surface area contributed by atoms with Gasteiger partial charge in [-0.25, -0.2) is 9.59 Å². The van der Waals surface area contributed by atoms with E-state index in [1.165, 1.54) is 24.3 Å². The summed E-state index contributed by atoms with van der Waals surface area (Å²) in [6.45, 7) is 0.336. The fourth-order valence-corrected chi connectivity index (χ4v) is 3.17. The Bertz CT molecular complexity index is 1330. The molecule has 10 heteroatoms. The number of ether oxygens (including phenoxy) is 2. The van der Waals surface area contributed by atoms with Gasteiger partial charge in [-0.15, -0.1) is 0 Å². The van der Waals surface area contributed by atoms with Gasteiger partial charge in [-0.05, 0) is 41.5 Å². The van der Waals surface area contributed by atoms with Gasteiger partial charge in [0.15, 0.2) is 0 Å². The molecule has 0 fully saturated rings. The van der Waals surface area contributed by atoms with E-state index >= 15 is 0 Å². The summed E-state index contributed by atoms with van der Waals surface area (Å²) in [5.74, 6) is -6.07. The molecule has 0 aromatic heterocycles. The molecule has 0 aliphatic heterocycles. The van der Waals surface area contributed by atoms with Crippen LogP contribution in [0.1, 0.15) is 22.3 Å². The first-order valence-corrected chi connectivity index (χ1v) is 11.0. The van der Waals surface area contributed by atoms with Crippen molar-refractivity contribution in [3.8, 4) is 11.5 Å². The Kier molecular flexibility index (Phi) is 8.98. The third kappa shape index (κ3) is 7.82. The summed E-state index contributed by atoms with van der Waals surface area (Å²) in [5, 5.41) is 37.3. The van der Waals surface area contributed by atoms with Crippen LogP contribution >= 0.6 is 0 Å². The molecule has 10 nitrogen and oxygen atoms in total. The van der Waals surface area contributed by atoms with Crippen LogP contribution < -0.4 is 9.47 Å². The number of aliphatic hydroxyl groups is 2. The number of hydrogen-bond donors (Lipinski definition) is 4. The first kappa shape index (κ1) is 27.2. The minimum absolute atomic E-state index is 0.168. The Labute approximate surface area is 216 Å². The predicted molar refractivity (Wildman–Crippen MR) is 134 cm³/mol. The van der Waals surface area contributed by atoms with E-state index < -0.39 is 35.0 Å². The van der Waals surface area contributed by atoms with Gasteiger partial charge >= 0.3 is 11.9 Å². The van der Waals surface area contributed by atoms with Crippen LogP contribution in [0.4, 0.5) is 0 Å². The van der Waals surface area contributed by atoms with Crippen molar-refractivity contribution in [3.05, 3.63) is 107 Å². The molecule has 4 N–H and O–H groups in total.